The normalized spacial score (nSPS) is 17.1. The molecule has 2 saturated heterocycles. The van der Waals surface area contributed by atoms with Crippen molar-refractivity contribution in [3.05, 3.63) is 111 Å². The summed E-state index contributed by atoms with van der Waals surface area (Å²) >= 11 is 0. The predicted octanol–water partition coefficient (Wildman–Crippen LogP) is 5.73. The number of nitrogens with zero attached hydrogens (tertiary/aromatic N) is 5. The number of pyridine rings is 2. The van der Waals surface area contributed by atoms with Gasteiger partial charge in [-0.2, -0.15) is 0 Å². The van der Waals surface area contributed by atoms with Crippen LogP contribution < -0.4 is 21.1 Å². The molecule has 2 aromatic carbocycles. The SMILES string of the molecule is Cc1cc2c(N3CCCc4nc(-c5ccc(C(=O)NCC#Cc6ccc7occ(C8CCC(=O)NC8=O)c7c6)nc5)ncc43)cc(C3CCOCC3)cc2n(C)c1=O. The van der Waals surface area contributed by atoms with Crippen molar-refractivity contribution in [1.82, 2.24) is 30.2 Å². The van der Waals surface area contributed by atoms with Crippen LogP contribution in [0.25, 0.3) is 33.3 Å². The number of piperidine rings is 1. The highest BCUT2D eigenvalue weighted by Crippen LogP contribution is 2.40. The quantitative estimate of drug-likeness (QED) is 0.158. The first kappa shape index (κ1) is 37.0. The largest absolute Gasteiger partial charge is 0.464 e. The average Bonchev–Trinajstić information content (AvgIpc) is 3.67. The fraction of sp³-hybridized carbons (Fsp3) is 0.311. The molecule has 292 valence electrons. The summed E-state index contributed by atoms with van der Waals surface area (Å²) in [6.45, 7) is 4.22. The number of carbonyl (C=O) groups excluding carboxylic acids is 3. The molecule has 0 aliphatic carbocycles. The predicted molar refractivity (Wildman–Crippen MR) is 218 cm³/mol. The first-order valence-corrected chi connectivity index (χ1v) is 19.7. The number of rotatable bonds is 6. The van der Waals surface area contributed by atoms with E-state index >= 15 is 0 Å². The topological polar surface area (TPSA) is 162 Å². The molecule has 3 amide bonds. The number of imide groups is 1. The van der Waals surface area contributed by atoms with Gasteiger partial charge in [0, 0.05) is 72.5 Å². The summed E-state index contributed by atoms with van der Waals surface area (Å²) in [7, 11) is 1.85. The maximum absolute atomic E-state index is 13.0. The van der Waals surface area contributed by atoms with Crippen molar-refractivity contribution >= 4 is 51.0 Å². The van der Waals surface area contributed by atoms with E-state index in [1.54, 1.807) is 35.2 Å². The van der Waals surface area contributed by atoms with Crippen LogP contribution >= 0.6 is 0 Å². The minimum absolute atomic E-state index is 0.00443. The van der Waals surface area contributed by atoms with Crippen LogP contribution in [0.1, 0.15) is 82.4 Å². The number of aryl methyl sites for hydroxylation is 3. The molecule has 0 bridgehead atoms. The van der Waals surface area contributed by atoms with E-state index in [0.29, 0.717) is 40.4 Å². The smallest absolute Gasteiger partial charge is 0.270 e. The molecule has 1 unspecified atom stereocenters. The second-order valence-corrected chi connectivity index (χ2v) is 15.2. The van der Waals surface area contributed by atoms with Gasteiger partial charge >= 0.3 is 0 Å². The maximum Gasteiger partial charge on any atom is 0.270 e. The van der Waals surface area contributed by atoms with Gasteiger partial charge in [0.25, 0.3) is 11.5 Å². The van der Waals surface area contributed by atoms with Gasteiger partial charge in [0.1, 0.15) is 11.3 Å². The van der Waals surface area contributed by atoms with Crippen LogP contribution in [0.15, 0.2) is 76.4 Å². The summed E-state index contributed by atoms with van der Waals surface area (Å²) in [5.41, 5.74) is 8.74. The van der Waals surface area contributed by atoms with Crippen LogP contribution in [-0.4, -0.2) is 63.5 Å². The van der Waals surface area contributed by atoms with Crippen LogP contribution in [0.3, 0.4) is 0 Å². The summed E-state index contributed by atoms with van der Waals surface area (Å²) in [5, 5.41) is 6.99. The molecule has 6 aromatic rings. The Morgan fingerprint density at radius 2 is 1.83 bits per heavy atom. The van der Waals surface area contributed by atoms with Gasteiger partial charge in [-0.3, -0.25) is 29.5 Å². The Hall–Kier alpha value is -6.65. The lowest BCUT2D eigenvalue weighted by molar-refractivity contribution is -0.134. The number of furan rings is 1. The minimum Gasteiger partial charge on any atom is -0.464 e. The molecule has 0 radical (unpaired) electrons. The Labute approximate surface area is 333 Å². The first-order valence-electron chi connectivity index (χ1n) is 19.7. The fourth-order valence-electron chi connectivity index (χ4n) is 8.35. The third-order valence-corrected chi connectivity index (χ3v) is 11.5. The number of hydrogen-bond acceptors (Lipinski definition) is 10. The molecule has 9 rings (SSSR count). The molecule has 4 aromatic heterocycles. The Morgan fingerprint density at radius 1 is 0.966 bits per heavy atom. The third-order valence-electron chi connectivity index (χ3n) is 11.5. The minimum atomic E-state index is -0.467. The zero-order valence-corrected chi connectivity index (χ0v) is 32.3. The highest BCUT2D eigenvalue weighted by Gasteiger charge is 2.31. The molecule has 2 fully saturated rings. The molecular formula is C45H41N7O6. The number of ether oxygens (including phenoxy) is 1. The van der Waals surface area contributed by atoms with Gasteiger partial charge in [-0.05, 0) is 99.0 Å². The van der Waals surface area contributed by atoms with E-state index in [2.05, 4.69) is 44.5 Å². The number of fused-ring (bicyclic) bond motifs is 3. The van der Waals surface area contributed by atoms with Gasteiger partial charge in [0.2, 0.25) is 11.8 Å². The zero-order valence-electron chi connectivity index (χ0n) is 32.3. The second-order valence-electron chi connectivity index (χ2n) is 15.2. The molecule has 13 nitrogen and oxygen atoms in total. The van der Waals surface area contributed by atoms with Crippen LogP contribution in [0.5, 0.6) is 0 Å². The standard InChI is InChI=1S/C45H41N7O6/c1-26-19-33-37(51(2)45(26)56)21-30(28-13-17-57-18-14-28)22-38(33)52-16-4-6-35-39(52)24-48-42(49-35)29-8-10-36(47-23-29)44(55)46-15-3-5-27-7-11-40-32(20-27)34(25-58-40)31-9-12-41(53)50-43(31)54/h7-8,10-11,19-25,28,31H,4,6,9,12-18H2,1-2H3,(H,46,55)(H,50,53,54). The van der Waals surface area contributed by atoms with Gasteiger partial charge < -0.3 is 23.9 Å². The van der Waals surface area contributed by atoms with E-state index in [1.807, 2.05) is 38.4 Å². The summed E-state index contributed by atoms with van der Waals surface area (Å²) in [6.07, 6.45) is 9.32. The summed E-state index contributed by atoms with van der Waals surface area (Å²) < 4.78 is 13.1. The summed E-state index contributed by atoms with van der Waals surface area (Å²) in [5.74, 6) is 5.50. The van der Waals surface area contributed by atoms with Crippen LogP contribution in [-0.2, 0) is 27.8 Å². The summed E-state index contributed by atoms with van der Waals surface area (Å²) in [4.78, 5) is 66.6. The van der Waals surface area contributed by atoms with Crippen molar-refractivity contribution in [2.45, 2.75) is 57.3 Å². The van der Waals surface area contributed by atoms with Gasteiger partial charge in [0.05, 0.1) is 47.5 Å². The van der Waals surface area contributed by atoms with Crippen molar-refractivity contribution in [2.75, 3.05) is 31.2 Å². The second kappa shape index (κ2) is 15.4. The van der Waals surface area contributed by atoms with Crippen molar-refractivity contribution in [1.29, 1.82) is 0 Å². The number of aromatic nitrogens is 4. The third kappa shape index (κ3) is 7.00. The molecule has 13 heteroatoms. The Kier molecular flexibility index (Phi) is 9.79. The lowest BCUT2D eigenvalue weighted by Gasteiger charge is -2.33. The molecule has 0 spiro atoms. The van der Waals surface area contributed by atoms with E-state index in [4.69, 9.17) is 19.1 Å². The van der Waals surface area contributed by atoms with E-state index in [0.717, 1.165) is 84.4 Å². The molecule has 58 heavy (non-hydrogen) atoms. The first-order chi connectivity index (χ1) is 28.2. The highest BCUT2D eigenvalue weighted by atomic mass is 16.5. The number of anilines is 2. The van der Waals surface area contributed by atoms with Crippen molar-refractivity contribution in [2.24, 2.45) is 7.05 Å². The molecule has 0 saturated carbocycles. The summed E-state index contributed by atoms with van der Waals surface area (Å²) in [6, 6.07) is 15.4. The van der Waals surface area contributed by atoms with Gasteiger partial charge in [-0.25, -0.2) is 9.97 Å². The molecule has 2 N–H and O–H groups in total. The van der Waals surface area contributed by atoms with E-state index in [1.165, 1.54) is 5.56 Å². The van der Waals surface area contributed by atoms with Gasteiger partial charge in [-0.15, -0.1) is 0 Å². The Balaban J connectivity index is 0.900. The number of carbonyl (C=O) groups is 3. The molecule has 3 aliphatic heterocycles. The lowest BCUT2D eigenvalue weighted by atomic mass is 9.89. The number of hydrogen-bond donors (Lipinski definition) is 2. The molecule has 3 aliphatic rings. The lowest BCUT2D eigenvalue weighted by Crippen LogP contribution is -2.39. The number of amides is 3. The van der Waals surface area contributed by atoms with E-state index < -0.39 is 5.92 Å². The Morgan fingerprint density at radius 3 is 2.64 bits per heavy atom. The monoisotopic (exact) mass is 775 g/mol. The molecular weight excluding hydrogens is 735 g/mol. The van der Waals surface area contributed by atoms with Crippen LogP contribution in [0, 0.1) is 18.8 Å². The van der Waals surface area contributed by atoms with Crippen molar-refractivity contribution < 1.29 is 23.5 Å². The van der Waals surface area contributed by atoms with Crippen molar-refractivity contribution in [3.63, 3.8) is 0 Å². The number of benzene rings is 2. The average molecular weight is 776 g/mol. The number of nitrogens with one attached hydrogen (secondary N) is 2. The van der Waals surface area contributed by atoms with Gasteiger partial charge in [0.15, 0.2) is 5.82 Å². The maximum atomic E-state index is 13.0. The highest BCUT2D eigenvalue weighted by molar-refractivity contribution is 6.03. The van der Waals surface area contributed by atoms with E-state index in [9.17, 15) is 19.2 Å². The van der Waals surface area contributed by atoms with Crippen LogP contribution in [0.4, 0.5) is 11.4 Å². The van der Waals surface area contributed by atoms with Crippen molar-refractivity contribution in [3.8, 4) is 23.2 Å². The van der Waals surface area contributed by atoms with Gasteiger partial charge in [-0.1, -0.05) is 11.8 Å². The van der Waals surface area contributed by atoms with E-state index in [-0.39, 0.29) is 41.9 Å². The Bertz CT molecular complexity index is 2750. The zero-order chi connectivity index (χ0) is 39.9. The van der Waals surface area contributed by atoms with Crippen LogP contribution in [0.2, 0.25) is 0 Å². The molecule has 7 heterocycles. The molecule has 1 atom stereocenters. The fourth-order valence-corrected chi connectivity index (χ4v) is 8.35.